The number of hydrogen-bond donors (Lipinski definition) is 1. The van der Waals surface area contributed by atoms with Crippen LogP contribution in [0.3, 0.4) is 0 Å². The number of anilines is 1. The summed E-state index contributed by atoms with van der Waals surface area (Å²) in [6.45, 7) is 3.58. The Hall–Kier alpha value is -2.37. The lowest BCUT2D eigenvalue weighted by Crippen LogP contribution is -2.35. The predicted molar refractivity (Wildman–Crippen MR) is 88.7 cm³/mol. The molecule has 1 amide bonds. The number of amides is 1. The van der Waals surface area contributed by atoms with Gasteiger partial charge < -0.3 is 14.8 Å². The average molecular weight is 343 g/mol. The molecule has 6 heteroatoms. The number of carbonyl (C=O) groups excluding carboxylic acids is 3. The third kappa shape index (κ3) is 2.69. The molecule has 0 aromatic heterocycles. The smallest absolute Gasteiger partial charge is 0.338 e. The molecule has 4 rings (SSSR count). The van der Waals surface area contributed by atoms with E-state index in [2.05, 4.69) is 5.32 Å². The first kappa shape index (κ1) is 16.1. The highest BCUT2D eigenvalue weighted by Crippen LogP contribution is 2.57. The van der Waals surface area contributed by atoms with Crippen molar-refractivity contribution in [2.45, 2.75) is 38.9 Å². The van der Waals surface area contributed by atoms with Crippen LogP contribution in [0.4, 0.5) is 5.69 Å². The van der Waals surface area contributed by atoms with Gasteiger partial charge in [-0.3, -0.25) is 9.59 Å². The molecular weight excluding hydrogens is 322 g/mol. The summed E-state index contributed by atoms with van der Waals surface area (Å²) < 4.78 is 10.5. The fourth-order valence-electron chi connectivity index (χ4n) is 4.56. The summed E-state index contributed by atoms with van der Waals surface area (Å²) in [6, 6.07) is 6.61. The molecule has 25 heavy (non-hydrogen) atoms. The van der Waals surface area contributed by atoms with E-state index >= 15 is 0 Å². The normalized spacial score (nSPS) is 32.0. The molecule has 1 saturated heterocycles. The number of nitrogens with one attached hydrogen (secondary N) is 1. The molecule has 2 bridgehead atoms. The van der Waals surface area contributed by atoms with E-state index < -0.39 is 0 Å². The summed E-state index contributed by atoms with van der Waals surface area (Å²) in [7, 11) is 0. The Morgan fingerprint density at radius 3 is 2.60 bits per heavy atom. The largest absolute Gasteiger partial charge is 0.462 e. The van der Waals surface area contributed by atoms with Crippen molar-refractivity contribution in [1.29, 1.82) is 0 Å². The van der Waals surface area contributed by atoms with E-state index in [1.807, 2.05) is 0 Å². The van der Waals surface area contributed by atoms with Gasteiger partial charge in [-0.2, -0.15) is 0 Å². The highest BCUT2D eigenvalue weighted by Gasteiger charge is 2.63. The Balaban J connectivity index is 1.43. The summed E-state index contributed by atoms with van der Waals surface area (Å²) in [5, 5.41) is 2.88. The number of rotatable bonds is 4. The minimum Gasteiger partial charge on any atom is -0.462 e. The van der Waals surface area contributed by atoms with E-state index in [-0.39, 0.29) is 53.7 Å². The van der Waals surface area contributed by atoms with Gasteiger partial charge in [0.25, 0.3) is 0 Å². The van der Waals surface area contributed by atoms with Crippen molar-refractivity contribution in [2.24, 2.45) is 23.7 Å². The van der Waals surface area contributed by atoms with Gasteiger partial charge in [-0.05, 0) is 56.9 Å². The number of fused-ring (bicyclic) bond motifs is 1. The molecule has 2 aliphatic carbocycles. The maximum atomic E-state index is 12.7. The first-order chi connectivity index (χ1) is 11.9. The standard InChI is InChI=1S/C19H21NO5/c1-9(2)24-18(22)10-3-5-12(6-4-10)20-17(21)15-11-7-13-14(8-11)25-19(23)16(13)15/h3-6,9,11,13-16H,7-8H2,1-2H3,(H,20,21)/t11-,13+,14-,15-,16-/m1/s1. The van der Waals surface area contributed by atoms with Crippen LogP contribution < -0.4 is 5.32 Å². The lowest BCUT2D eigenvalue weighted by Gasteiger charge is -2.23. The molecule has 5 atom stereocenters. The highest BCUT2D eigenvalue weighted by molar-refractivity contribution is 5.97. The molecule has 1 aromatic carbocycles. The van der Waals surface area contributed by atoms with Crippen molar-refractivity contribution in [1.82, 2.24) is 0 Å². The Morgan fingerprint density at radius 1 is 1.20 bits per heavy atom. The number of hydrogen-bond acceptors (Lipinski definition) is 5. The van der Waals surface area contributed by atoms with Crippen LogP contribution in [0.15, 0.2) is 24.3 Å². The molecule has 6 nitrogen and oxygen atoms in total. The number of ether oxygens (including phenoxy) is 2. The van der Waals surface area contributed by atoms with Crippen LogP contribution in [0.2, 0.25) is 0 Å². The van der Waals surface area contributed by atoms with Gasteiger partial charge in [0.15, 0.2) is 0 Å². The topological polar surface area (TPSA) is 81.7 Å². The fourth-order valence-corrected chi connectivity index (χ4v) is 4.56. The molecule has 132 valence electrons. The van der Waals surface area contributed by atoms with Crippen molar-refractivity contribution in [3.63, 3.8) is 0 Å². The minimum absolute atomic E-state index is 0.0257. The SMILES string of the molecule is CC(C)OC(=O)c1ccc(NC(=O)[C@@H]2[C@@H]3C[C@@H]4[C@H]2C(=O)O[C@@H]4C3)cc1. The summed E-state index contributed by atoms with van der Waals surface area (Å²) in [4.78, 5) is 36.6. The highest BCUT2D eigenvalue weighted by atomic mass is 16.6. The fraction of sp³-hybridized carbons (Fsp3) is 0.526. The van der Waals surface area contributed by atoms with Crippen LogP contribution in [0, 0.1) is 23.7 Å². The van der Waals surface area contributed by atoms with Crippen molar-refractivity contribution >= 4 is 23.5 Å². The lowest BCUT2D eigenvalue weighted by atomic mass is 9.79. The molecule has 0 radical (unpaired) electrons. The Bertz CT molecular complexity index is 724. The van der Waals surface area contributed by atoms with E-state index in [1.165, 1.54) is 0 Å². The van der Waals surface area contributed by atoms with Crippen LogP contribution >= 0.6 is 0 Å². The maximum Gasteiger partial charge on any atom is 0.338 e. The Labute approximate surface area is 145 Å². The molecular formula is C19H21NO5. The summed E-state index contributed by atoms with van der Waals surface area (Å²) in [6.07, 6.45) is 1.54. The summed E-state index contributed by atoms with van der Waals surface area (Å²) >= 11 is 0. The van der Waals surface area contributed by atoms with Crippen molar-refractivity contribution in [2.75, 3.05) is 5.32 Å². The van der Waals surface area contributed by atoms with Gasteiger partial charge in [0.2, 0.25) is 5.91 Å². The zero-order valence-electron chi connectivity index (χ0n) is 14.2. The zero-order valence-corrected chi connectivity index (χ0v) is 14.2. The van der Waals surface area contributed by atoms with E-state index in [0.717, 1.165) is 12.8 Å². The third-order valence-electron chi connectivity index (χ3n) is 5.52. The second kappa shape index (κ2) is 5.86. The molecule has 3 fully saturated rings. The average Bonchev–Trinajstić information content (AvgIpc) is 3.16. The second-order valence-electron chi connectivity index (χ2n) is 7.44. The molecule has 0 unspecified atom stereocenters. The molecule has 0 spiro atoms. The van der Waals surface area contributed by atoms with Crippen LogP contribution in [0.5, 0.6) is 0 Å². The monoisotopic (exact) mass is 343 g/mol. The quantitative estimate of drug-likeness (QED) is 0.849. The Morgan fingerprint density at radius 2 is 1.92 bits per heavy atom. The van der Waals surface area contributed by atoms with Gasteiger partial charge in [0, 0.05) is 11.6 Å². The van der Waals surface area contributed by atoms with E-state index in [9.17, 15) is 14.4 Å². The molecule has 3 aliphatic rings. The van der Waals surface area contributed by atoms with E-state index in [4.69, 9.17) is 9.47 Å². The third-order valence-corrected chi connectivity index (χ3v) is 5.52. The number of benzene rings is 1. The predicted octanol–water partition coefficient (Wildman–Crippen LogP) is 2.39. The molecule has 2 saturated carbocycles. The number of esters is 2. The lowest BCUT2D eigenvalue weighted by molar-refractivity contribution is -0.145. The van der Waals surface area contributed by atoms with Gasteiger partial charge in [-0.1, -0.05) is 0 Å². The van der Waals surface area contributed by atoms with Gasteiger partial charge in [-0.25, -0.2) is 4.79 Å². The van der Waals surface area contributed by atoms with Gasteiger partial charge in [0.1, 0.15) is 6.10 Å². The van der Waals surface area contributed by atoms with Crippen LogP contribution in [-0.2, 0) is 19.1 Å². The zero-order chi connectivity index (χ0) is 17.7. The maximum absolute atomic E-state index is 12.7. The van der Waals surface area contributed by atoms with E-state index in [0.29, 0.717) is 11.3 Å². The summed E-state index contributed by atoms with van der Waals surface area (Å²) in [5.41, 5.74) is 1.05. The van der Waals surface area contributed by atoms with Crippen molar-refractivity contribution < 1.29 is 23.9 Å². The van der Waals surface area contributed by atoms with Crippen LogP contribution in [0.25, 0.3) is 0 Å². The van der Waals surface area contributed by atoms with E-state index in [1.54, 1.807) is 38.1 Å². The number of carbonyl (C=O) groups is 3. The Kier molecular flexibility index (Phi) is 3.78. The van der Waals surface area contributed by atoms with Crippen LogP contribution in [-0.4, -0.2) is 30.1 Å². The van der Waals surface area contributed by atoms with Crippen LogP contribution in [0.1, 0.15) is 37.0 Å². The molecule has 1 N–H and O–H groups in total. The second-order valence-corrected chi connectivity index (χ2v) is 7.44. The van der Waals surface area contributed by atoms with Gasteiger partial charge >= 0.3 is 11.9 Å². The first-order valence-corrected chi connectivity index (χ1v) is 8.76. The molecule has 1 heterocycles. The van der Waals surface area contributed by atoms with Gasteiger partial charge in [0.05, 0.1) is 23.5 Å². The van der Waals surface area contributed by atoms with Gasteiger partial charge in [-0.15, -0.1) is 0 Å². The molecule has 1 aliphatic heterocycles. The van der Waals surface area contributed by atoms with Crippen molar-refractivity contribution in [3.05, 3.63) is 29.8 Å². The summed E-state index contributed by atoms with van der Waals surface area (Å²) in [5.74, 6) is -0.894. The minimum atomic E-state index is -0.388. The first-order valence-electron chi connectivity index (χ1n) is 8.76. The van der Waals surface area contributed by atoms with Crippen molar-refractivity contribution in [3.8, 4) is 0 Å². The molecule has 1 aromatic rings.